The first-order chi connectivity index (χ1) is 24.8. The summed E-state index contributed by atoms with van der Waals surface area (Å²) in [6.45, 7) is 0. The molecule has 0 spiro atoms. The third-order valence-electron chi connectivity index (χ3n) is 13.4. The molecule has 0 N–H and O–H groups in total. The van der Waals surface area contributed by atoms with Crippen molar-refractivity contribution in [3.05, 3.63) is 148 Å². The van der Waals surface area contributed by atoms with Crippen LogP contribution in [0.3, 0.4) is 0 Å². The minimum Gasteiger partial charge on any atom is -0.358 e. The number of allylic oxidation sites excluding steroid dienone is 18. The quantitative estimate of drug-likeness (QED) is 0.286. The maximum Gasteiger partial charge on any atom is 0.0554 e. The number of hydrogen-bond acceptors (Lipinski definition) is 1. The number of nitrogens with zero attached hydrogens (tertiary/aromatic N) is 2. The van der Waals surface area contributed by atoms with E-state index in [9.17, 15) is 0 Å². The molecule has 1 aliphatic heterocycles. The van der Waals surface area contributed by atoms with Gasteiger partial charge in [-0.2, -0.15) is 0 Å². The van der Waals surface area contributed by atoms with Crippen molar-refractivity contribution in [1.29, 1.82) is 0 Å². The Morgan fingerprint density at radius 1 is 0.580 bits per heavy atom. The fraction of sp³-hybridized carbons (Fsp3) is 0.417. The van der Waals surface area contributed by atoms with Crippen LogP contribution in [-0.4, -0.2) is 21.6 Å². The lowest BCUT2D eigenvalue weighted by Crippen LogP contribution is -2.37. The number of hydrogen-bond donors (Lipinski definition) is 0. The third kappa shape index (κ3) is 5.28. The summed E-state index contributed by atoms with van der Waals surface area (Å²) in [5.41, 5.74) is 15.2. The third-order valence-corrected chi connectivity index (χ3v) is 13.4. The first kappa shape index (κ1) is 30.8. The first-order valence-corrected chi connectivity index (χ1v) is 20.1. The van der Waals surface area contributed by atoms with E-state index in [0.717, 1.165) is 32.1 Å². The van der Waals surface area contributed by atoms with Gasteiger partial charge in [-0.15, -0.1) is 0 Å². The average molecular weight is 657 g/mol. The Hall–Kier alpha value is -4.04. The van der Waals surface area contributed by atoms with Crippen LogP contribution in [0.1, 0.15) is 99.6 Å². The summed E-state index contributed by atoms with van der Waals surface area (Å²) < 4.78 is 2.74. The molecule has 0 amide bonds. The van der Waals surface area contributed by atoms with Gasteiger partial charge < -0.3 is 9.47 Å². The second kappa shape index (κ2) is 12.9. The molecular weight excluding hydrogens is 605 g/mol. The summed E-state index contributed by atoms with van der Waals surface area (Å²) in [4.78, 5) is 2.82. The maximum atomic E-state index is 2.82. The molecule has 1 fully saturated rings. The average Bonchev–Trinajstić information content (AvgIpc) is 3.71. The zero-order valence-electron chi connectivity index (χ0n) is 29.7. The Kier molecular flexibility index (Phi) is 7.96. The van der Waals surface area contributed by atoms with Gasteiger partial charge in [-0.1, -0.05) is 97.2 Å². The van der Waals surface area contributed by atoms with E-state index in [1.165, 1.54) is 91.3 Å². The van der Waals surface area contributed by atoms with Crippen molar-refractivity contribution in [3.63, 3.8) is 0 Å². The molecule has 0 aromatic carbocycles. The monoisotopic (exact) mass is 656 g/mol. The Labute approximate surface area is 299 Å². The van der Waals surface area contributed by atoms with E-state index < -0.39 is 0 Å². The predicted octanol–water partition coefficient (Wildman–Crippen LogP) is 11.6. The summed E-state index contributed by atoms with van der Waals surface area (Å²) in [5, 5.41) is 0. The van der Waals surface area contributed by atoms with Crippen molar-refractivity contribution in [2.45, 2.75) is 102 Å². The highest BCUT2D eigenvalue weighted by Crippen LogP contribution is 2.49. The van der Waals surface area contributed by atoms with Crippen molar-refractivity contribution in [3.8, 4) is 0 Å². The lowest BCUT2D eigenvalue weighted by molar-refractivity contribution is 0.293. The van der Waals surface area contributed by atoms with Gasteiger partial charge in [0.05, 0.1) is 12.1 Å². The van der Waals surface area contributed by atoms with Crippen molar-refractivity contribution >= 4 is 17.8 Å². The SMILES string of the molecule is C1=CC(C2C=C(N3C4C=C(C5=Cc6c7c(n(C8=CCC(C9=CCCC=C9)CC8)c6CC5)CCC=C7)C=CC4C4CCC=CC43)C=CC2)=CCC1. The van der Waals surface area contributed by atoms with Gasteiger partial charge in [-0.05, 0) is 136 Å². The Morgan fingerprint density at radius 2 is 1.44 bits per heavy atom. The smallest absolute Gasteiger partial charge is 0.0554 e. The van der Waals surface area contributed by atoms with Gasteiger partial charge in [-0.3, -0.25) is 0 Å². The molecule has 6 unspecified atom stereocenters. The van der Waals surface area contributed by atoms with Gasteiger partial charge in [0.1, 0.15) is 0 Å². The molecule has 1 aromatic heterocycles. The van der Waals surface area contributed by atoms with E-state index in [1.54, 1.807) is 22.7 Å². The van der Waals surface area contributed by atoms with E-state index in [0.29, 0.717) is 35.8 Å². The lowest BCUT2D eigenvalue weighted by atomic mass is 9.77. The molecule has 0 bridgehead atoms. The van der Waals surface area contributed by atoms with Crippen LogP contribution >= 0.6 is 0 Å². The van der Waals surface area contributed by atoms with Gasteiger partial charge >= 0.3 is 0 Å². The molecule has 50 heavy (non-hydrogen) atoms. The minimum absolute atomic E-state index is 0.411. The van der Waals surface area contributed by atoms with E-state index in [1.807, 2.05) is 0 Å². The van der Waals surface area contributed by atoms with Crippen molar-refractivity contribution in [1.82, 2.24) is 9.47 Å². The summed E-state index contributed by atoms with van der Waals surface area (Å²) in [7, 11) is 0. The molecule has 1 aromatic rings. The van der Waals surface area contributed by atoms with Gasteiger partial charge in [0.15, 0.2) is 0 Å². The maximum absolute atomic E-state index is 2.82. The van der Waals surface area contributed by atoms with Gasteiger partial charge in [0.25, 0.3) is 0 Å². The molecule has 10 rings (SSSR count). The fourth-order valence-electron chi connectivity index (χ4n) is 10.9. The zero-order chi connectivity index (χ0) is 33.0. The van der Waals surface area contributed by atoms with E-state index >= 15 is 0 Å². The fourth-order valence-corrected chi connectivity index (χ4v) is 10.9. The summed E-state index contributed by atoms with van der Waals surface area (Å²) in [6, 6.07) is 0.893. The molecule has 9 aliphatic rings. The summed E-state index contributed by atoms with van der Waals surface area (Å²) >= 11 is 0. The summed E-state index contributed by atoms with van der Waals surface area (Å²) in [5.74, 6) is 2.46. The molecule has 0 saturated carbocycles. The highest BCUT2D eigenvalue weighted by Gasteiger charge is 2.48. The van der Waals surface area contributed by atoms with Crippen molar-refractivity contribution in [2.24, 2.45) is 23.7 Å². The van der Waals surface area contributed by atoms with Crippen LogP contribution in [0.15, 0.2) is 125 Å². The largest absolute Gasteiger partial charge is 0.358 e. The standard InChI is InChI=1S/C48H52N2/c1-3-12-33(13-4-1)35-22-26-39(27-23-35)49-46-21-10-8-19-42(46)44-31-37(25-29-47(44)49)38-24-28-43-41-18-7-9-20-45(41)50(48(43)32-38)40-17-11-16-36(30-40)34-14-5-2-6-15-34/h3,5,8-9,11-15,17,19-20,24,26,28,30-32,35-36,41,43,45,48H,1-2,4,6-7,10,16,18,21-23,25,27,29H2. The van der Waals surface area contributed by atoms with E-state index in [-0.39, 0.29) is 0 Å². The molecule has 1 saturated heterocycles. The lowest BCUT2D eigenvalue weighted by Gasteiger charge is -2.36. The molecular formula is C48H52N2. The van der Waals surface area contributed by atoms with Gasteiger partial charge in [0.2, 0.25) is 0 Å². The van der Waals surface area contributed by atoms with Crippen molar-refractivity contribution in [2.75, 3.05) is 0 Å². The van der Waals surface area contributed by atoms with E-state index in [2.05, 4.69) is 119 Å². The Morgan fingerprint density at radius 3 is 2.28 bits per heavy atom. The number of likely N-dealkylation sites (tertiary alicyclic amines) is 1. The predicted molar refractivity (Wildman–Crippen MR) is 210 cm³/mol. The van der Waals surface area contributed by atoms with Gasteiger partial charge in [0, 0.05) is 45.7 Å². The number of rotatable bonds is 5. The molecule has 2 heterocycles. The molecule has 2 heteroatoms. The molecule has 8 aliphatic carbocycles. The number of aromatic nitrogens is 1. The molecule has 0 radical (unpaired) electrons. The van der Waals surface area contributed by atoms with Crippen LogP contribution in [0.2, 0.25) is 0 Å². The van der Waals surface area contributed by atoms with Crippen LogP contribution in [0, 0.1) is 23.7 Å². The second-order valence-electron chi connectivity index (χ2n) is 16.2. The van der Waals surface area contributed by atoms with Crippen LogP contribution < -0.4 is 0 Å². The normalized spacial score (nSPS) is 32.3. The minimum atomic E-state index is 0.411. The van der Waals surface area contributed by atoms with Crippen LogP contribution in [0.5, 0.6) is 0 Å². The van der Waals surface area contributed by atoms with Gasteiger partial charge in [-0.25, -0.2) is 0 Å². The Balaban J connectivity index is 0.982. The van der Waals surface area contributed by atoms with E-state index in [4.69, 9.17) is 0 Å². The van der Waals surface area contributed by atoms with Crippen LogP contribution in [0.25, 0.3) is 17.8 Å². The highest BCUT2D eigenvalue weighted by atomic mass is 15.2. The van der Waals surface area contributed by atoms with Crippen LogP contribution in [0.4, 0.5) is 0 Å². The first-order valence-electron chi connectivity index (χ1n) is 20.1. The second-order valence-corrected chi connectivity index (χ2v) is 16.2. The number of fused-ring (bicyclic) bond motifs is 6. The highest BCUT2D eigenvalue weighted by molar-refractivity contribution is 5.78. The molecule has 254 valence electrons. The topological polar surface area (TPSA) is 8.17 Å². The van der Waals surface area contributed by atoms with Crippen molar-refractivity contribution < 1.29 is 0 Å². The Bertz CT molecular complexity index is 1950. The molecule has 6 atom stereocenters. The zero-order valence-corrected chi connectivity index (χ0v) is 29.7. The summed E-state index contributed by atoms with van der Waals surface area (Å²) in [6.07, 6.45) is 61.5. The van der Waals surface area contributed by atoms with Crippen LogP contribution in [-0.2, 0) is 12.8 Å². The molecule has 2 nitrogen and oxygen atoms in total.